The van der Waals surface area contributed by atoms with E-state index in [0.29, 0.717) is 0 Å². The molecule has 2 rings (SSSR count). The molecule has 0 spiro atoms. The summed E-state index contributed by atoms with van der Waals surface area (Å²) >= 11 is 0. The number of pyridine rings is 1. The summed E-state index contributed by atoms with van der Waals surface area (Å²) in [6.07, 6.45) is 2.93. The number of rotatable bonds is 2. The fourth-order valence-corrected chi connectivity index (χ4v) is 1.56. The lowest BCUT2D eigenvalue weighted by Gasteiger charge is -2.01. The molecule has 0 aliphatic heterocycles. The highest BCUT2D eigenvalue weighted by atomic mass is 15.1. The van der Waals surface area contributed by atoms with E-state index in [4.69, 9.17) is 0 Å². The number of hydrogen-bond donors (Lipinski definition) is 0. The Labute approximate surface area is 77.4 Å². The molecule has 0 radical (unpaired) electrons. The van der Waals surface area contributed by atoms with E-state index in [1.807, 2.05) is 25.3 Å². The SMILES string of the molecule is CCCn1c(C)nc2cccnc21. The Hall–Kier alpha value is -1.38. The van der Waals surface area contributed by atoms with Gasteiger partial charge in [-0.3, -0.25) is 0 Å². The number of imidazole rings is 1. The van der Waals surface area contributed by atoms with Gasteiger partial charge in [-0.15, -0.1) is 0 Å². The highest BCUT2D eigenvalue weighted by Crippen LogP contribution is 2.12. The first-order chi connectivity index (χ1) is 6.33. The van der Waals surface area contributed by atoms with Gasteiger partial charge in [0.25, 0.3) is 0 Å². The van der Waals surface area contributed by atoms with Gasteiger partial charge in [-0.1, -0.05) is 6.92 Å². The Morgan fingerprint density at radius 1 is 1.46 bits per heavy atom. The third-order valence-electron chi connectivity index (χ3n) is 2.14. The molecular formula is C10H13N3. The van der Waals surface area contributed by atoms with Gasteiger partial charge < -0.3 is 4.57 Å². The third-order valence-corrected chi connectivity index (χ3v) is 2.14. The van der Waals surface area contributed by atoms with Crippen molar-refractivity contribution in [3.05, 3.63) is 24.2 Å². The van der Waals surface area contributed by atoms with Crippen molar-refractivity contribution in [1.29, 1.82) is 0 Å². The second kappa shape index (κ2) is 3.17. The van der Waals surface area contributed by atoms with Crippen LogP contribution in [0.5, 0.6) is 0 Å². The lowest BCUT2D eigenvalue weighted by Crippen LogP contribution is -1.99. The monoisotopic (exact) mass is 175 g/mol. The smallest absolute Gasteiger partial charge is 0.159 e. The van der Waals surface area contributed by atoms with E-state index in [9.17, 15) is 0 Å². The van der Waals surface area contributed by atoms with Crippen molar-refractivity contribution in [1.82, 2.24) is 14.5 Å². The van der Waals surface area contributed by atoms with E-state index in [1.54, 1.807) is 0 Å². The van der Waals surface area contributed by atoms with Gasteiger partial charge in [-0.05, 0) is 25.5 Å². The molecule has 0 fully saturated rings. The summed E-state index contributed by atoms with van der Waals surface area (Å²) in [4.78, 5) is 8.75. The van der Waals surface area contributed by atoms with Crippen molar-refractivity contribution in [2.75, 3.05) is 0 Å². The molecule has 13 heavy (non-hydrogen) atoms. The first-order valence-corrected chi connectivity index (χ1v) is 4.60. The van der Waals surface area contributed by atoms with Crippen LogP contribution in [0.1, 0.15) is 19.2 Å². The van der Waals surface area contributed by atoms with Crippen LogP contribution in [0.25, 0.3) is 11.2 Å². The molecule has 0 atom stereocenters. The van der Waals surface area contributed by atoms with Crippen molar-refractivity contribution < 1.29 is 0 Å². The number of aryl methyl sites for hydroxylation is 2. The molecule has 0 aliphatic rings. The molecule has 2 heterocycles. The van der Waals surface area contributed by atoms with Gasteiger partial charge in [-0.25, -0.2) is 9.97 Å². The average molecular weight is 175 g/mol. The van der Waals surface area contributed by atoms with Crippen LogP contribution < -0.4 is 0 Å². The van der Waals surface area contributed by atoms with E-state index < -0.39 is 0 Å². The van der Waals surface area contributed by atoms with E-state index in [-0.39, 0.29) is 0 Å². The van der Waals surface area contributed by atoms with Crippen LogP contribution >= 0.6 is 0 Å². The van der Waals surface area contributed by atoms with E-state index in [1.165, 1.54) is 0 Å². The Morgan fingerprint density at radius 3 is 3.08 bits per heavy atom. The second-order valence-corrected chi connectivity index (χ2v) is 3.16. The third kappa shape index (κ3) is 1.30. The molecule has 0 bridgehead atoms. The molecule has 0 amide bonds. The minimum atomic E-state index is 0.994. The van der Waals surface area contributed by atoms with Crippen molar-refractivity contribution in [2.45, 2.75) is 26.8 Å². The molecule has 2 aromatic heterocycles. The zero-order valence-electron chi connectivity index (χ0n) is 7.99. The molecule has 0 unspecified atom stereocenters. The Bertz CT molecular complexity index is 417. The molecule has 0 aromatic carbocycles. The van der Waals surface area contributed by atoms with Gasteiger partial charge in [0.1, 0.15) is 11.3 Å². The number of fused-ring (bicyclic) bond motifs is 1. The summed E-state index contributed by atoms with van der Waals surface area (Å²) in [6.45, 7) is 5.19. The molecule has 0 saturated carbocycles. The highest BCUT2D eigenvalue weighted by molar-refractivity contribution is 5.70. The van der Waals surface area contributed by atoms with Gasteiger partial charge in [0, 0.05) is 12.7 Å². The van der Waals surface area contributed by atoms with Crippen LogP contribution in [0.15, 0.2) is 18.3 Å². The molecule has 0 N–H and O–H groups in total. The summed E-state index contributed by atoms with van der Waals surface area (Å²) in [6, 6.07) is 3.92. The zero-order chi connectivity index (χ0) is 9.26. The summed E-state index contributed by atoms with van der Waals surface area (Å²) in [5, 5.41) is 0. The predicted octanol–water partition coefficient (Wildman–Crippen LogP) is 2.15. The maximum Gasteiger partial charge on any atom is 0.159 e. The lowest BCUT2D eigenvalue weighted by atomic mass is 10.4. The van der Waals surface area contributed by atoms with Gasteiger partial charge in [0.05, 0.1) is 0 Å². The van der Waals surface area contributed by atoms with Crippen LogP contribution in [0, 0.1) is 6.92 Å². The van der Waals surface area contributed by atoms with E-state index in [0.717, 1.165) is 30.0 Å². The Kier molecular flexibility index (Phi) is 2.00. The fourth-order valence-electron chi connectivity index (χ4n) is 1.56. The topological polar surface area (TPSA) is 30.7 Å². The van der Waals surface area contributed by atoms with Gasteiger partial charge in [0.2, 0.25) is 0 Å². The average Bonchev–Trinajstić information content (AvgIpc) is 2.44. The lowest BCUT2D eigenvalue weighted by molar-refractivity contribution is 0.670. The number of nitrogens with zero attached hydrogens (tertiary/aromatic N) is 3. The molecule has 3 heteroatoms. The molecule has 0 saturated heterocycles. The predicted molar refractivity (Wildman–Crippen MR) is 52.6 cm³/mol. The van der Waals surface area contributed by atoms with Crippen LogP contribution in [0.3, 0.4) is 0 Å². The van der Waals surface area contributed by atoms with Crippen molar-refractivity contribution >= 4 is 11.2 Å². The van der Waals surface area contributed by atoms with Crippen molar-refractivity contribution in [3.8, 4) is 0 Å². The molecular weight excluding hydrogens is 162 g/mol. The maximum atomic E-state index is 4.43. The summed E-state index contributed by atoms with van der Waals surface area (Å²) < 4.78 is 2.16. The van der Waals surface area contributed by atoms with Crippen LogP contribution in [0.2, 0.25) is 0 Å². The second-order valence-electron chi connectivity index (χ2n) is 3.16. The van der Waals surface area contributed by atoms with Crippen molar-refractivity contribution in [2.24, 2.45) is 0 Å². The Balaban J connectivity index is 2.64. The first kappa shape index (κ1) is 8.23. The number of aromatic nitrogens is 3. The van der Waals surface area contributed by atoms with E-state index >= 15 is 0 Å². The van der Waals surface area contributed by atoms with Gasteiger partial charge >= 0.3 is 0 Å². The van der Waals surface area contributed by atoms with Crippen LogP contribution in [-0.2, 0) is 6.54 Å². The first-order valence-electron chi connectivity index (χ1n) is 4.60. The van der Waals surface area contributed by atoms with Crippen LogP contribution in [-0.4, -0.2) is 14.5 Å². The number of hydrogen-bond acceptors (Lipinski definition) is 2. The standard InChI is InChI=1S/C10H13N3/c1-3-7-13-8(2)12-9-5-4-6-11-10(9)13/h4-6H,3,7H2,1-2H3. The normalized spacial score (nSPS) is 10.9. The fraction of sp³-hybridized carbons (Fsp3) is 0.400. The minimum absolute atomic E-state index is 0.994. The summed E-state index contributed by atoms with van der Waals surface area (Å²) in [5.41, 5.74) is 2.00. The van der Waals surface area contributed by atoms with E-state index in [2.05, 4.69) is 21.5 Å². The van der Waals surface area contributed by atoms with Gasteiger partial charge in [0.15, 0.2) is 5.65 Å². The Morgan fingerprint density at radius 2 is 2.31 bits per heavy atom. The van der Waals surface area contributed by atoms with Crippen molar-refractivity contribution in [3.63, 3.8) is 0 Å². The highest BCUT2D eigenvalue weighted by Gasteiger charge is 2.05. The quantitative estimate of drug-likeness (QED) is 0.700. The van der Waals surface area contributed by atoms with Gasteiger partial charge in [-0.2, -0.15) is 0 Å². The van der Waals surface area contributed by atoms with Crippen LogP contribution in [0.4, 0.5) is 0 Å². The zero-order valence-corrected chi connectivity index (χ0v) is 7.99. The molecule has 68 valence electrons. The minimum Gasteiger partial charge on any atom is -0.313 e. The molecule has 2 aromatic rings. The molecule has 0 aliphatic carbocycles. The largest absolute Gasteiger partial charge is 0.313 e. The summed E-state index contributed by atoms with van der Waals surface area (Å²) in [5.74, 6) is 1.05. The molecule has 3 nitrogen and oxygen atoms in total. The summed E-state index contributed by atoms with van der Waals surface area (Å²) in [7, 11) is 0. The maximum absolute atomic E-state index is 4.43.